The molecule has 0 atom stereocenters. The lowest BCUT2D eigenvalue weighted by Crippen LogP contribution is -2.28. The monoisotopic (exact) mass is 259 g/mol. The van der Waals surface area contributed by atoms with Gasteiger partial charge in [0.05, 0.1) is 0 Å². The summed E-state index contributed by atoms with van der Waals surface area (Å²) in [5, 5.41) is 7.70. The Hall–Kier alpha value is -1.34. The Kier molecular flexibility index (Phi) is 3.94. The molecule has 0 aliphatic rings. The van der Waals surface area contributed by atoms with Gasteiger partial charge < -0.3 is 9.88 Å². The number of nitrogens with one attached hydrogen (secondary N) is 1. The van der Waals surface area contributed by atoms with Gasteiger partial charge in [0.1, 0.15) is 10.6 Å². The molecule has 0 spiro atoms. The van der Waals surface area contributed by atoms with E-state index in [4.69, 9.17) is 5.14 Å². The lowest BCUT2D eigenvalue weighted by atomic mass is 10.2. The summed E-state index contributed by atoms with van der Waals surface area (Å²) in [5.41, 5.74) is 0.273. The van der Waals surface area contributed by atoms with Gasteiger partial charge in [0.15, 0.2) is 0 Å². The van der Waals surface area contributed by atoms with E-state index in [1.165, 1.54) is 16.8 Å². The maximum Gasteiger partial charge on any atom is 0.267 e. The molecule has 3 N–H and O–H groups in total. The smallest absolute Gasteiger partial charge is 0.267 e. The van der Waals surface area contributed by atoms with Gasteiger partial charge >= 0.3 is 0 Å². The molecule has 0 aromatic carbocycles. The van der Waals surface area contributed by atoms with Gasteiger partial charge in [0.25, 0.3) is 5.91 Å². The zero-order valence-corrected chi connectivity index (χ0v) is 10.9. The maximum absolute atomic E-state index is 11.7. The highest BCUT2D eigenvalue weighted by Gasteiger charge is 2.17. The SMILES string of the molecule is CC(C)CNC(=O)c1cc(S(N)(=O)=O)cn1C. The average molecular weight is 259 g/mol. The molecule has 6 nitrogen and oxygen atoms in total. The number of hydrogen-bond donors (Lipinski definition) is 2. The van der Waals surface area contributed by atoms with E-state index in [1.54, 1.807) is 7.05 Å². The summed E-state index contributed by atoms with van der Waals surface area (Å²) in [6.45, 7) is 4.48. The average Bonchev–Trinajstić information content (AvgIpc) is 2.56. The highest BCUT2D eigenvalue weighted by molar-refractivity contribution is 7.89. The van der Waals surface area contributed by atoms with Crippen LogP contribution in [0.25, 0.3) is 0 Å². The van der Waals surface area contributed by atoms with Crippen molar-refractivity contribution in [2.24, 2.45) is 18.1 Å². The molecule has 0 bridgehead atoms. The number of carbonyl (C=O) groups is 1. The predicted octanol–water partition coefficient (Wildman–Crippen LogP) is 0.0583. The van der Waals surface area contributed by atoms with Crippen LogP contribution in [-0.4, -0.2) is 25.4 Å². The third kappa shape index (κ3) is 3.57. The van der Waals surface area contributed by atoms with Crippen molar-refractivity contribution in [3.8, 4) is 0 Å². The lowest BCUT2D eigenvalue weighted by molar-refractivity contribution is 0.0941. The summed E-state index contributed by atoms with van der Waals surface area (Å²) in [5.74, 6) is 0.0213. The predicted molar refractivity (Wildman–Crippen MR) is 64.0 cm³/mol. The summed E-state index contributed by atoms with van der Waals surface area (Å²) in [6.07, 6.45) is 1.32. The van der Waals surface area contributed by atoms with Gasteiger partial charge in [0.2, 0.25) is 10.0 Å². The van der Waals surface area contributed by atoms with Crippen LogP contribution in [0, 0.1) is 5.92 Å². The van der Waals surface area contributed by atoms with Crippen LogP contribution in [0.15, 0.2) is 17.2 Å². The number of nitrogens with two attached hydrogens (primary N) is 1. The first-order chi connectivity index (χ1) is 7.71. The molecule has 0 saturated carbocycles. The van der Waals surface area contributed by atoms with Crippen LogP contribution in [0.3, 0.4) is 0 Å². The maximum atomic E-state index is 11.7. The Balaban J connectivity index is 2.92. The molecule has 0 unspecified atom stereocenters. The van der Waals surface area contributed by atoms with E-state index in [2.05, 4.69) is 5.32 Å². The molecule has 17 heavy (non-hydrogen) atoms. The van der Waals surface area contributed by atoms with Crippen molar-refractivity contribution in [1.29, 1.82) is 0 Å². The van der Waals surface area contributed by atoms with E-state index in [-0.39, 0.29) is 16.5 Å². The minimum absolute atomic E-state index is 0.0605. The van der Waals surface area contributed by atoms with Gasteiger partial charge in [-0.25, -0.2) is 13.6 Å². The molecule has 0 aliphatic carbocycles. The molecule has 0 fully saturated rings. The highest BCUT2D eigenvalue weighted by atomic mass is 32.2. The molecular formula is C10H17N3O3S. The number of sulfonamides is 1. The molecule has 1 amide bonds. The van der Waals surface area contributed by atoms with Gasteiger partial charge in [-0.05, 0) is 12.0 Å². The Morgan fingerprint density at radius 1 is 1.53 bits per heavy atom. The number of primary sulfonamides is 1. The summed E-state index contributed by atoms with van der Waals surface area (Å²) < 4.78 is 23.7. The van der Waals surface area contributed by atoms with Gasteiger partial charge in [-0.2, -0.15) is 0 Å². The second kappa shape index (κ2) is 4.89. The fraction of sp³-hybridized carbons (Fsp3) is 0.500. The minimum atomic E-state index is -3.77. The highest BCUT2D eigenvalue weighted by Crippen LogP contribution is 2.11. The summed E-state index contributed by atoms with van der Waals surface area (Å²) in [7, 11) is -2.17. The number of amides is 1. The van der Waals surface area contributed by atoms with E-state index in [0.717, 1.165) is 0 Å². The normalized spacial score (nSPS) is 11.8. The summed E-state index contributed by atoms with van der Waals surface area (Å²) in [4.78, 5) is 11.7. The summed E-state index contributed by atoms with van der Waals surface area (Å²) >= 11 is 0. The fourth-order valence-corrected chi connectivity index (χ4v) is 1.88. The second-order valence-electron chi connectivity index (χ2n) is 4.32. The molecule has 96 valence electrons. The van der Waals surface area contributed by atoms with Crippen molar-refractivity contribution < 1.29 is 13.2 Å². The van der Waals surface area contributed by atoms with Crippen molar-refractivity contribution in [1.82, 2.24) is 9.88 Å². The standard InChI is InChI=1S/C10H17N3O3S/c1-7(2)5-12-10(14)9-4-8(6-13(9)3)17(11,15)16/h4,6-7H,5H2,1-3H3,(H,12,14)(H2,11,15,16). The third-order valence-corrected chi connectivity index (χ3v) is 3.09. The number of nitrogens with zero attached hydrogens (tertiary/aromatic N) is 1. The molecule has 0 radical (unpaired) electrons. The van der Waals surface area contributed by atoms with E-state index in [0.29, 0.717) is 12.5 Å². The van der Waals surface area contributed by atoms with Crippen molar-refractivity contribution >= 4 is 15.9 Å². The van der Waals surface area contributed by atoms with Gasteiger partial charge in [-0.1, -0.05) is 13.8 Å². The second-order valence-corrected chi connectivity index (χ2v) is 5.88. The first-order valence-corrected chi connectivity index (χ1v) is 6.74. The Morgan fingerprint density at radius 2 is 2.12 bits per heavy atom. The third-order valence-electron chi connectivity index (χ3n) is 2.21. The van der Waals surface area contributed by atoms with Crippen LogP contribution in [0.2, 0.25) is 0 Å². The molecular weight excluding hydrogens is 242 g/mol. The molecule has 0 saturated heterocycles. The number of rotatable bonds is 4. The van der Waals surface area contributed by atoms with E-state index >= 15 is 0 Å². The van der Waals surface area contributed by atoms with E-state index in [9.17, 15) is 13.2 Å². The van der Waals surface area contributed by atoms with Crippen LogP contribution < -0.4 is 10.5 Å². The van der Waals surface area contributed by atoms with Crippen molar-refractivity contribution in [2.75, 3.05) is 6.54 Å². The van der Waals surface area contributed by atoms with Crippen molar-refractivity contribution in [3.05, 3.63) is 18.0 Å². The zero-order valence-electron chi connectivity index (χ0n) is 10.1. The first-order valence-electron chi connectivity index (χ1n) is 5.19. The van der Waals surface area contributed by atoms with Crippen molar-refractivity contribution in [2.45, 2.75) is 18.7 Å². The molecule has 1 heterocycles. The van der Waals surface area contributed by atoms with Gasteiger partial charge in [-0.15, -0.1) is 0 Å². The Bertz CT molecular complexity index is 517. The molecule has 1 aromatic heterocycles. The summed E-state index contributed by atoms with van der Waals surface area (Å²) in [6, 6.07) is 1.27. The Labute approximate surface area is 101 Å². The number of aromatic nitrogens is 1. The lowest BCUT2D eigenvalue weighted by Gasteiger charge is -2.07. The quantitative estimate of drug-likeness (QED) is 0.800. The van der Waals surface area contributed by atoms with Crippen LogP contribution >= 0.6 is 0 Å². The van der Waals surface area contributed by atoms with Gasteiger partial charge in [0, 0.05) is 19.8 Å². The molecule has 1 rings (SSSR count). The number of hydrogen-bond acceptors (Lipinski definition) is 3. The molecule has 7 heteroatoms. The van der Waals surface area contributed by atoms with E-state index < -0.39 is 10.0 Å². The van der Waals surface area contributed by atoms with E-state index in [1.807, 2.05) is 13.8 Å². The fourth-order valence-electron chi connectivity index (χ4n) is 1.30. The first kappa shape index (κ1) is 13.7. The number of aryl methyl sites for hydroxylation is 1. The van der Waals surface area contributed by atoms with Gasteiger partial charge in [-0.3, -0.25) is 4.79 Å². The van der Waals surface area contributed by atoms with Crippen LogP contribution in [0.4, 0.5) is 0 Å². The van der Waals surface area contributed by atoms with Crippen LogP contribution in [0.1, 0.15) is 24.3 Å². The Morgan fingerprint density at radius 3 is 2.53 bits per heavy atom. The minimum Gasteiger partial charge on any atom is -0.351 e. The largest absolute Gasteiger partial charge is 0.351 e. The van der Waals surface area contributed by atoms with Crippen LogP contribution in [0.5, 0.6) is 0 Å². The van der Waals surface area contributed by atoms with Crippen molar-refractivity contribution in [3.63, 3.8) is 0 Å². The molecule has 1 aromatic rings. The van der Waals surface area contributed by atoms with Crippen LogP contribution in [-0.2, 0) is 17.1 Å². The zero-order chi connectivity index (χ0) is 13.2. The molecule has 0 aliphatic heterocycles. The number of carbonyl (C=O) groups excluding carboxylic acids is 1. The topological polar surface area (TPSA) is 94.2 Å².